The summed E-state index contributed by atoms with van der Waals surface area (Å²) in [5, 5.41) is 0. The number of nitrogens with zero attached hydrogens (tertiary/aromatic N) is 2. The second-order valence-corrected chi connectivity index (χ2v) is 6.51. The van der Waals surface area contributed by atoms with Gasteiger partial charge < -0.3 is 10.6 Å². The number of benzene rings is 1. The first-order chi connectivity index (χ1) is 9.47. The first-order valence-electron chi connectivity index (χ1n) is 7.35. The maximum Gasteiger partial charge on any atom is 0.106 e. The van der Waals surface area contributed by atoms with E-state index in [1.165, 1.54) is 17.8 Å². The molecule has 110 valence electrons. The number of piperazine rings is 1. The van der Waals surface area contributed by atoms with E-state index in [9.17, 15) is 0 Å². The summed E-state index contributed by atoms with van der Waals surface area (Å²) in [5.74, 6) is 0.729. The monoisotopic (exact) mass is 291 g/mol. The average Bonchev–Trinajstić information content (AvgIpc) is 2.38. The molecule has 0 amide bonds. The van der Waals surface area contributed by atoms with Crippen molar-refractivity contribution in [1.82, 2.24) is 4.90 Å². The van der Waals surface area contributed by atoms with Gasteiger partial charge in [0.1, 0.15) is 4.99 Å². The quantitative estimate of drug-likeness (QED) is 0.864. The zero-order valence-electron chi connectivity index (χ0n) is 12.7. The number of anilines is 1. The van der Waals surface area contributed by atoms with Gasteiger partial charge in [0.05, 0.1) is 0 Å². The van der Waals surface area contributed by atoms with Crippen molar-refractivity contribution in [2.24, 2.45) is 11.7 Å². The lowest BCUT2D eigenvalue weighted by atomic mass is 10.1. The summed E-state index contributed by atoms with van der Waals surface area (Å²) >= 11 is 5.18. The van der Waals surface area contributed by atoms with Crippen LogP contribution in [0.3, 0.4) is 0 Å². The summed E-state index contributed by atoms with van der Waals surface area (Å²) < 4.78 is 0. The first-order valence-corrected chi connectivity index (χ1v) is 7.76. The molecule has 0 atom stereocenters. The summed E-state index contributed by atoms with van der Waals surface area (Å²) in [5.41, 5.74) is 9.31. The molecular formula is C16H25N3S. The second-order valence-electron chi connectivity index (χ2n) is 6.07. The molecule has 20 heavy (non-hydrogen) atoms. The van der Waals surface area contributed by atoms with Crippen LogP contribution in [0.5, 0.6) is 0 Å². The molecule has 0 bridgehead atoms. The zero-order valence-corrected chi connectivity index (χ0v) is 13.5. The molecule has 0 unspecified atom stereocenters. The van der Waals surface area contributed by atoms with Gasteiger partial charge in [0.2, 0.25) is 0 Å². The van der Waals surface area contributed by atoms with Crippen LogP contribution in [-0.4, -0.2) is 42.6 Å². The Labute approximate surface area is 127 Å². The molecule has 1 heterocycles. The second kappa shape index (κ2) is 6.55. The minimum atomic E-state index is 0.490. The minimum Gasteiger partial charge on any atom is -0.389 e. The number of hydrogen-bond acceptors (Lipinski definition) is 3. The van der Waals surface area contributed by atoms with Crippen molar-refractivity contribution in [2.75, 3.05) is 37.6 Å². The van der Waals surface area contributed by atoms with E-state index in [0.717, 1.165) is 37.7 Å². The van der Waals surface area contributed by atoms with Crippen molar-refractivity contribution in [3.8, 4) is 0 Å². The van der Waals surface area contributed by atoms with Crippen molar-refractivity contribution >= 4 is 22.9 Å². The van der Waals surface area contributed by atoms with Gasteiger partial charge in [0.15, 0.2) is 0 Å². The van der Waals surface area contributed by atoms with Gasteiger partial charge in [-0.2, -0.15) is 0 Å². The van der Waals surface area contributed by atoms with E-state index >= 15 is 0 Å². The molecule has 0 aliphatic carbocycles. The number of thiocarbonyl (C=S) groups is 1. The van der Waals surface area contributed by atoms with E-state index in [4.69, 9.17) is 18.0 Å². The fraction of sp³-hybridized carbons (Fsp3) is 0.562. The van der Waals surface area contributed by atoms with Crippen LogP contribution in [-0.2, 0) is 0 Å². The lowest BCUT2D eigenvalue weighted by molar-refractivity contribution is 0.231. The lowest BCUT2D eigenvalue weighted by Crippen LogP contribution is -2.47. The van der Waals surface area contributed by atoms with Crippen molar-refractivity contribution in [3.05, 3.63) is 29.3 Å². The number of hydrogen-bond donors (Lipinski definition) is 1. The maximum absolute atomic E-state index is 5.86. The van der Waals surface area contributed by atoms with Crippen LogP contribution >= 0.6 is 12.2 Å². The molecule has 2 N–H and O–H groups in total. The van der Waals surface area contributed by atoms with Gasteiger partial charge in [0.25, 0.3) is 0 Å². The standard InChI is InChI=1S/C16H25N3S/c1-12(2)11-18-6-8-19(9-7-18)15-10-13(3)4-5-14(15)16(17)20/h4-5,10,12H,6-9,11H2,1-3H3,(H2,17,20). The Kier molecular flexibility index (Phi) is 5.00. The van der Waals surface area contributed by atoms with Gasteiger partial charge in [-0.25, -0.2) is 0 Å². The third-order valence-corrected chi connectivity index (χ3v) is 3.97. The summed E-state index contributed by atoms with van der Waals surface area (Å²) in [7, 11) is 0. The van der Waals surface area contributed by atoms with E-state index in [1.807, 2.05) is 6.07 Å². The van der Waals surface area contributed by atoms with Gasteiger partial charge in [0, 0.05) is 44.0 Å². The zero-order chi connectivity index (χ0) is 14.7. The third-order valence-electron chi connectivity index (χ3n) is 3.76. The molecular weight excluding hydrogens is 266 g/mol. The normalized spacial score (nSPS) is 16.7. The van der Waals surface area contributed by atoms with Gasteiger partial charge in [-0.3, -0.25) is 4.90 Å². The molecule has 2 rings (SSSR count). The Morgan fingerprint density at radius 3 is 2.45 bits per heavy atom. The number of aryl methyl sites for hydroxylation is 1. The van der Waals surface area contributed by atoms with Gasteiger partial charge in [-0.15, -0.1) is 0 Å². The van der Waals surface area contributed by atoms with E-state index < -0.39 is 0 Å². The van der Waals surface area contributed by atoms with Crippen LogP contribution in [0.4, 0.5) is 5.69 Å². The topological polar surface area (TPSA) is 32.5 Å². The first kappa shape index (κ1) is 15.3. The molecule has 1 fully saturated rings. The fourth-order valence-electron chi connectivity index (χ4n) is 2.80. The molecule has 3 nitrogen and oxygen atoms in total. The van der Waals surface area contributed by atoms with Crippen LogP contribution in [0.1, 0.15) is 25.0 Å². The SMILES string of the molecule is Cc1ccc(C(N)=S)c(N2CCN(CC(C)C)CC2)c1. The molecule has 1 aromatic carbocycles. The molecule has 0 aromatic heterocycles. The van der Waals surface area contributed by atoms with Crippen LogP contribution in [0.25, 0.3) is 0 Å². The van der Waals surface area contributed by atoms with Crippen molar-refractivity contribution in [1.29, 1.82) is 0 Å². The Bertz CT molecular complexity index is 477. The highest BCUT2D eigenvalue weighted by Crippen LogP contribution is 2.24. The maximum atomic E-state index is 5.86. The highest BCUT2D eigenvalue weighted by atomic mass is 32.1. The Balaban J connectivity index is 2.10. The van der Waals surface area contributed by atoms with Gasteiger partial charge in [-0.1, -0.05) is 32.1 Å². The summed E-state index contributed by atoms with van der Waals surface area (Å²) in [6, 6.07) is 6.33. The number of nitrogens with two attached hydrogens (primary N) is 1. The lowest BCUT2D eigenvalue weighted by Gasteiger charge is -2.37. The van der Waals surface area contributed by atoms with Crippen molar-refractivity contribution in [3.63, 3.8) is 0 Å². The van der Waals surface area contributed by atoms with Crippen LogP contribution in [0, 0.1) is 12.8 Å². The van der Waals surface area contributed by atoms with E-state index in [-0.39, 0.29) is 0 Å². The van der Waals surface area contributed by atoms with Gasteiger partial charge >= 0.3 is 0 Å². The molecule has 1 saturated heterocycles. The summed E-state index contributed by atoms with van der Waals surface area (Å²) in [4.78, 5) is 5.44. The predicted octanol–water partition coefficient (Wildman–Crippen LogP) is 2.41. The van der Waals surface area contributed by atoms with E-state index in [2.05, 4.69) is 42.7 Å². The smallest absolute Gasteiger partial charge is 0.106 e. The molecule has 1 aliphatic rings. The predicted molar refractivity (Wildman–Crippen MR) is 90.6 cm³/mol. The third kappa shape index (κ3) is 3.70. The van der Waals surface area contributed by atoms with Crippen molar-refractivity contribution in [2.45, 2.75) is 20.8 Å². The summed E-state index contributed by atoms with van der Waals surface area (Å²) in [6.07, 6.45) is 0. The van der Waals surface area contributed by atoms with Crippen LogP contribution in [0.2, 0.25) is 0 Å². The molecule has 0 radical (unpaired) electrons. The number of rotatable bonds is 4. The van der Waals surface area contributed by atoms with E-state index in [0.29, 0.717) is 4.99 Å². The van der Waals surface area contributed by atoms with Crippen molar-refractivity contribution < 1.29 is 0 Å². The van der Waals surface area contributed by atoms with Crippen LogP contribution < -0.4 is 10.6 Å². The van der Waals surface area contributed by atoms with E-state index in [1.54, 1.807) is 0 Å². The molecule has 0 spiro atoms. The molecule has 1 aliphatic heterocycles. The minimum absolute atomic E-state index is 0.490. The Morgan fingerprint density at radius 1 is 1.25 bits per heavy atom. The molecule has 0 saturated carbocycles. The van der Waals surface area contributed by atoms with Gasteiger partial charge in [-0.05, 0) is 30.5 Å². The molecule has 1 aromatic rings. The molecule has 4 heteroatoms. The highest BCUT2D eigenvalue weighted by Gasteiger charge is 2.20. The summed E-state index contributed by atoms with van der Waals surface area (Å²) in [6.45, 7) is 12.2. The Hall–Kier alpha value is -1.13. The Morgan fingerprint density at radius 2 is 1.90 bits per heavy atom. The fourth-order valence-corrected chi connectivity index (χ4v) is 2.97. The van der Waals surface area contributed by atoms with Crippen LogP contribution in [0.15, 0.2) is 18.2 Å². The largest absolute Gasteiger partial charge is 0.389 e. The highest BCUT2D eigenvalue weighted by molar-refractivity contribution is 7.80. The average molecular weight is 291 g/mol.